The molecular formula is C32H54N4O5. The van der Waals surface area contributed by atoms with Crippen LogP contribution in [0.25, 0.3) is 0 Å². The molecule has 0 rings (SSSR count). The van der Waals surface area contributed by atoms with Gasteiger partial charge in [-0.15, -0.1) is 0 Å². The van der Waals surface area contributed by atoms with Gasteiger partial charge in [0.2, 0.25) is 23.5 Å². The lowest BCUT2D eigenvalue weighted by Gasteiger charge is -2.25. The number of amides is 4. The maximum Gasteiger partial charge on any atom is 0.290 e. The average Bonchev–Trinajstić information content (AvgIpc) is 2.94. The summed E-state index contributed by atoms with van der Waals surface area (Å²) >= 11 is 0. The Morgan fingerprint density at radius 3 is 2.05 bits per heavy atom. The van der Waals surface area contributed by atoms with Gasteiger partial charge in [0, 0.05) is 20.0 Å². The summed E-state index contributed by atoms with van der Waals surface area (Å²) < 4.78 is 0. The van der Waals surface area contributed by atoms with Crippen LogP contribution in [0.15, 0.2) is 36.5 Å². The Bertz CT molecular complexity index is 940. The van der Waals surface area contributed by atoms with Gasteiger partial charge in [-0.2, -0.15) is 0 Å². The predicted octanol–water partition coefficient (Wildman–Crippen LogP) is 4.10. The molecule has 0 aliphatic carbocycles. The Morgan fingerprint density at radius 2 is 1.51 bits per heavy atom. The molecular weight excluding hydrogens is 520 g/mol. The van der Waals surface area contributed by atoms with E-state index < -0.39 is 36.2 Å². The minimum Gasteiger partial charge on any atom is -0.347 e. The SMILES string of the molecule is C=C(/C=C\C=C/C)C(NC(=O)CNC(=O)C(=O)C(CC(C)CC)NC(=O)C(CCCC)C[C@@H](C)CC)C(=O)N(C)C. The smallest absolute Gasteiger partial charge is 0.290 e. The van der Waals surface area contributed by atoms with Crippen molar-refractivity contribution in [3.63, 3.8) is 0 Å². The normalized spacial score (nSPS) is 15.0. The zero-order valence-electron chi connectivity index (χ0n) is 26.5. The van der Waals surface area contributed by atoms with Crippen molar-refractivity contribution in [2.45, 2.75) is 98.6 Å². The van der Waals surface area contributed by atoms with Crippen molar-refractivity contribution in [3.05, 3.63) is 36.5 Å². The number of carbonyl (C=O) groups is 5. The van der Waals surface area contributed by atoms with Crippen molar-refractivity contribution in [2.75, 3.05) is 20.6 Å². The molecule has 0 aliphatic heterocycles. The summed E-state index contributed by atoms with van der Waals surface area (Å²) in [7, 11) is 3.12. The van der Waals surface area contributed by atoms with Gasteiger partial charge in [-0.05, 0) is 43.6 Å². The van der Waals surface area contributed by atoms with Crippen molar-refractivity contribution >= 4 is 29.4 Å². The average molecular weight is 575 g/mol. The summed E-state index contributed by atoms with van der Waals surface area (Å²) in [4.78, 5) is 65.9. The lowest BCUT2D eigenvalue weighted by atomic mass is 9.88. The van der Waals surface area contributed by atoms with Crippen molar-refractivity contribution < 1.29 is 24.0 Å². The molecule has 0 aromatic rings. The second kappa shape index (κ2) is 20.6. The fourth-order valence-corrected chi connectivity index (χ4v) is 4.12. The van der Waals surface area contributed by atoms with Crippen molar-refractivity contribution in [1.82, 2.24) is 20.9 Å². The van der Waals surface area contributed by atoms with E-state index in [1.807, 2.05) is 26.8 Å². The van der Waals surface area contributed by atoms with E-state index in [1.165, 1.54) is 4.90 Å². The summed E-state index contributed by atoms with van der Waals surface area (Å²) in [6.07, 6.45) is 12.3. The Morgan fingerprint density at radius 1 is 0.902 bits per heavy atom. The highest BCUT2D eigenvalue weighted by molar-refractivity contribution is 6.38. The first-order valence-electron chi connectivity index (χ1n) is 14.9. The quantitative estimate of drug-likeness (QED) is 0.149. The number of nitrogens with zero attached hydrogens (tertiary/aromatic N) is 1. The first kappa shape index (κ1) is 37.8. The van der Waals surface area contributed by atoms with Crippen LogP contribution in [0.2, 0.25) is 0 Å². The summed E-state index contributed by atoms with van der Waals surface area (Å²) in [5.74, 6) is -2.75. The predicted molar refractivity (Wildman–Crippen MR) is 165 cm³/mol. The number of likely N-dealkylation sites (N-methyl/N-ethyl adjacent to an activating group) is 1. The molecule has 0 spiro atoms. The van der Waals surface area contributed by atoms with Crippen molar-refractivity contribution in [3.8, 4) is 0 Å². The highest BCUT2D eigenvalue weighted by atomic mass is 16.2. The van der Waals surface area contributed by atoms with Crippen LogP contribution in [0, 0.1) is 17.8 Å². The lowest BCUT2D eigenvalue weighted by Crippen LogP contribution is -2.52. The number of Topliss-reactive ketones (excluding diaryl/α,β-unsaturated/α-hetero) is 1. The number of hydrogen-bond acceptors (Lipinski definition) is 5. The van der Waals surface area contributed by atoms with E-state index in [1.54, 1.807) is 32.3 Å². The van der Waals surface area contributed by atoms with Gasteiger partial charge in [0.05, 0.1) is 12.6 Å². The van der Waals surface area contributed by atoms with Crippen LogP contribution < -0.4 is 16.0 Å². The summed E-state index contributed by atoms with van der Waals surface area (Å²) in [6, 6.07) is -2.02. The number of hydrogen-bond donors (Lipinski definition) is 3. The van der Waals surface area contributed by atoms with Crippen LogP contribution in [-0.4, -0.2) is 67.0 Å². The molecule has 4 unspecified atom stereocenters. The Hall–Kier alpha value is -3.23. The molecule has 0 aromatic heterocycles. The van der Waals surface area contributed by atoms with Gasteiger partial charge in [0.1, 0.15) is 6.04 Å². The minimum absolute atomic E-state index is 0.100. The third-order valence-electron chi connectivity index (χ3n) is 7.24. The van der Waals surface area contributed by atoms with Crippen LogP contribution in [0.1, 0.15) is 86.5 Å². The molecule has 0 saturated carbocycles. The Labute approximate surface area is 247 Å². The van der Waals surface area contributed by atoms with Crippen LogP contribution >= 0.6 is 0 Å². The standard InChI is InChI=1S/C32H54N4O5/c1-10-14-16-17-24(7)28(32(41)36(8)9)35-27(37)21-33-31(40)29(38)26(20-23(6)13-4)34-30(39)25(18-15-11-2)19-22(5)12-3/h10,14,16-17,22-23,25-26,28H,7,11-13,15,18-21H2,1-6,8-9H3,(H,33,40)(H,34,39)(H,35,37)/b14-10-,17-16-/t22-,23?,25?,26?,28?/m0/s1. The molecule has 0 heterocycles. The van der Waals surface area contributed by atoms with E-state index in [0.29, 0.717) is 17.9 Å². The number of rotatable bonds is 20. The summed E-state index contributed by atoms with van der Waals surface area (Å²) in [6.45, 7) is 15.4. The molecule has 0 aliphatic rings. The lowest BCUT2D eigenvalue weighted by molar-refractivity contribution is -0.141. The fraction of sp³-hybridized carbons (Fsp3) is 0.656. The van der Waals surface area contributed by atoms with E-state index in [4.69, 9.17) is 0 Å². The topological polar surface area (TPSA) is 125 Å². The number of unbranched alkanes of at least 4 members (excludes halogenated alkanes) is 1. The maximum atomic E-state index is 13.3. The van der Waals surface area contributed by atoms with Gasteiger partial charge in [-0.3, -0.25) is 24.0 Å². The molecule has 4 amide bonds. The van der Waals surface area contributed by atoms with E-state index in [2.05, 4.69) is 43.3 Å². The van der Waals surface area contributed by atoms with Gasteiger partial charge in [-0.25, -0.2) is 0 Å². The van der Waals surface area contributed by atoms with Crippen LogP contribution in [0.4, 0.5) is 0 Å². The van der Waals surface area contributed by atoms with Crippen LogP contribution in [0.3, 0.4) is 0 Å². The molecule has 0 bridgehead atoms. The number of nitrogens with one attached hydrogen (secondary N) is 3. The van der Waals surface area contributed by atoms with Crippen molar-refractivity contribution in [1.29, 1.82) is 0 Å². The van der Waals surface area contributed by atoms with E-state index in [0.717, 1.165) is 38.5 Å². The third-order valence-corrected chi connectivity index (χ3v) is 7.24. The molecule has 9 heteroatoms. The van der Waals surface area contributed by atoms with Crippen LogP contribution in [0.5, 0.6) is 0 Å². The summed E-state index contributed by atoms with van der Waals surface area (Å²) in [5, 5.41) is 7.80. The highest BCUT2D eigenvalue weighted by Gasteiger charge is 2.31. The Balaban J connectivity index is 5.54. The van der Waals surface area contributed by atoms with Gasteiger partial charge in [0.25, 0.3) is 5.91 Å². The van der Waals surface area contributed by atoms with E-state index >= 15 is 0 Å². The fourth-order valence-electron chi connectivity index (χ4n) is 4.12. The second-order valence-corrected chi connectivity index (χ2v) is 11.1. The first-order valence-corrected chi connectivity index (χ1v) is 14.9. The minimum atomic E-state index is -1.03. The third kappa shape index (κ3) is 14.8. The van der Waals surface area contributed by atoms with E-state index in [-0.39, 0.29) is 23.7 Å². The first-order chi connectivity index (χ1) is 19.3. The van der Waals surface area contributed by atoms with Crippen LogP contribution in [-0.2, 0) is 24.0 Å². The van der Waals surface area contributed by atoms with Gasteiger partial charge >= 0.3 is 0 Å². The van der Waals surface area contributed by atoms with Crippen molar-refractivity contribution in [2.24, 2.45) is 17.8 Å². The second-order valence-electron chi connectivity index (χ2n) is 11.1. The molecule has 0 saturated heterocycles. The zero-order chi connectivity index (χ0) is 31.5. The van der Waals surface area contributed by atoms with Gasteiger partial charge in [-0.1, -0.05) is 91.2 Å². The van der Waals surface area contributed by atoms with Gasteiger partial charge in [0.15, 0.2) is 0 Å². The molecule has 0 aromatic carbocycles. The molecule has 0 fully saturated rings. The highest BCUT2D eigenvalue weighted by Crippen LogP contribution is 2.22. The molecule has 3 N–H and O–H groups in total. The number of allylic oxidation sites excluding steroid dienone is 3. The molecule has 5 atom stereocenters. The van der Waals surface area contributed by atoms with E-state index in [9.17, 15) is 24.0 Å². The molecule has 232 valence electrons. The largest absolute Gasteiger partial charge is 0.347 e. The maximum absolute atomic E-state index is 13.3. The van der Waals surface area contributed by atoms with Gasteiger partial charge < -0.3 is 20.9 Å². The molecule has 0 radical (unpaired) electrons. The Kier molecular flexibility index (Phi) is 19.0. The zero-order valence-corrected chi connectivity index (χ0v) is 26.5. The number of carbonyl (C=O) groups excluding carboxylic acids is 5. The summed E-state index contributed by atoms with van der Waals surface area (Å²) in [5.41, 5.74) is 0.365. The number of ketones is 1. The molecule has 9 nitrogen and oxygen atoms in total. The monoisotopic (exact) mass is 574 g/mol. The molecule has 41 heavy (non-hydrogen) atoms.